The first-order chi connectivity index (χ1) is 8.11. The molecule has 0 spiro atoms. The first-order valence-electron chi connectivity index (χ1n) is 5.97. The summed E-state index contributed by atoms with van der Waals surface area (Å²) < 4.78 is 0. The minimum absolute atomic E-state index is 0.0920. The fourth-order valence-electron chi connectivity index (χ4n) is 1.40. The third kappa shape index (κ3) is 8.30. The molecule has 2 N–H and O–H groups in total. The van der Waals surface area contributed by atoms with E-state index in [-0.39, 0.29) is 12.5 Å². The van der Waals surface area contributed by atoms with E-state index in [1.54, 1.807) is 11.0 Å². The molecule has 17 heavy (non-hydrogen) atoms. The molecule has 0 aliphatic carbocycles. The van der Waals surface area contributed by atoms with Crippen LogP contribution in [-0.4, -0.2) is 41.6 Å². The van der Waals surface area contributed by atoms with Crippen molar-refractivity contribution < 1.29 is 14.7 Å². The third-order valence-electron chi connectivity index (χ3n) is 2.36. The molecule has 0 aliphatic rings. The van der Waals surface area contributed by atoms with E-state index in [4.69, 9.17) is 5.11 Å². The van der Waals surface area contributed by atoms with Crippen molar-refractivity contribution in [2.75, 3.05) is 19.6 Å². The molecule has 98 valence electrons. The quantitative estimate of drug-likeness (QED) is 0.479. The summed E-state index contributed by atoms with van der Waals surface area (Å²) in [7, 11) is 0. The van der Waals surface area contributed by atoms with Crippen LogP contribution < -0.4 is 5.32 Å². The maximum Gasteiger partial charge on any atom is 0.317 e. The zero-order valence-electron chi connectivity index (χ0n) is 10.4. The van der Waals surface area contributed by atoms with Crippen LogP contribution in [0.5, 0.6) is 0 Å². The van der Waals surface area contributed by atoms with Crippen molar-refractivity contribution in [2.24, 2.45) is 0 Å². The minimum atomic E-state index is -0.767. The molecule has 0 aliphatic heterocycles. The Labute approximate surface area is 102 Å². The number of carboxylic acids is 1. The zero-order chi connectivity index (χ0) is 13.1. The molecule has 0 aromatic rings. The van der Waals surface area contributed by atoms with Gasteiger partial charge in [-0.2, -0.15) is 0 Å². The number of hydrogen-bond donors (Lipinski definition) is 2. The van der Waals surface area contributed by atoms with Gasteiger partial charge in [0.2, 0.25) is 0 Å². The maximum atomic E-state index is 11.6. The van der Waals surface area contributed by atoms with E-state index in [9.17, 15) is 9.59 Å². The van der Waals surface area contributed by atoms with E-state index in [2.05, 4.69) is 11.9 Å². The van der Waals surface area contributed by atoms with Gasteiger partial charge in [0.05, 0.1) is 0 Å². The van der Waals surface area contributed by atoms with Gasteiger partial charge in [-0.1, -0.05) is 12.5 Å². The first-order valence-corrected chi connectivity index (χ1v) is 5.97. The van der Waals surface area contributed by atoms with Crippen molar-refractivity contribution in [1.29, 1.82) is 0 Å². The molecule has 0 aromatic carbocycles. The van der Waals surface area contributed by atoms with Crippen molar-refractivity contribution in [2.45, 2.75) is 32.6 Å². The Kier molecular flexibility index (Phi) is 8.82. The molecule has 5 nitrogen and oxygen atoms in total. The first kappa shape index (κ1) is 15.5. The number of carbonyl (C=O) groups excluding carboxylic acids is 1. The Morgan fingerprint density at radius 2 is 2.06 bits per heavy atom. The molecule has 0 bridgehead atoms. The third-order valence-corrected chi connectivity index (χ3v) is 2.36. The molecule has 0 unspecified atom stereocenters. The van der Waals surface area contributed by atoms with Gasteiger partial charge in [0.25, 0.3) is 0 Å². The van der Waals surface area contributed by atoms with Crippen molar-refractivity contribution >= 4 is 12.0 Å². The van der Waals surface area contributed by atoms with Gasteiger partial charge in [-0.25, -0.2) is 4.79 Å². The summed E-state index contributed by atoms with van der Waals surface area (Å²) in [5.41, 5.74) is 0. The standard InChI is InChI=1S/C12H22N2O3/c1-3-10-14(4-2)12(17)13-9-7-5-6-8-11(15)16/h3H,1,4-10H2,2H3,(H,13,17)(H,15,16). The van der Waals surface area contributed by atoms with Gasteiger partial charge >= 0.3 is 12.0 Å². The summed E-state index contributed by atoms with van der Waals surface area (Å²) in [6.45, 7) is 7.29. The van der Waals surface area contributed by atoms with E-state index in [0.29, 0.717) is 26.1 Å². The van der Waals surface area contributed by atoms with E-state index in [1.807, 2.05) is 6.92 Å². The molecule has 0 saturated heterocycles. The summed E-state index contributed by atoms with van der Waals surface area (Å²) in [6.07, 6.45) is 4.18. The van der Waals surface area contributed by atoms with Crippen LogP contribution in [0, 0.1) is 0 Å². The lowest BCUT2D eigenvalue weighted by Gasteiger charge is -2.19. The van der Waals surface area contributed by atoms with Crippen LogP contribution in [-0.2, 0) is 4.79 Å². The number of likely N-dealkylation sites (N-methyl/N-ethyl adjacent to an activating group) is 1. The van der Waals surface area contributed by atoms with E-state index < -0.39 is 5.97 Å². The Bertz CT molecular complexity index is 254. The Morgan fingerprint density at radius 1 is 1.35 bits per heavy atom. The van der Waals surface area contributed by atoms with Crippen molar-refractivity contribution in [1.82, 2.24) is 10.2 Å². The SMILES string of the molecule is C=CCN(CC)C(=O)NCCCCCC(=O)O. The number of hydrogen-bond acceptors (Lipinski definition) is 2. The molecular weight excluding hydrogens is 220 g/mol. The summed E-state index contributed by atoms with van der Waals surface area (Å²) in [5.74, 6) is -0.767. The Balaban J connectivity index is 3.56. The van der Waals surface area contributed by atoms with Crippen molar-refractivity contribution in [3.63, 3.8) is 0 Å². The number of rotatable bonds is 9. The molecule has 0 saturated carbocycles. The summed E-state index contributed by atoms with van der Waals surface area (Å²) in [4.78, 5) is 23.5. The van der Waals surface area contributed by atoms with Crippen LogP contribution in [0.15, 0.2) is 12.7 Å². The average molecular weight is 242 g/mol. The predicted molar refractivity (Wildman–Crippen MR) is 66.9 cm³/mol. The van der Waals surface area contributed by atoms with E-state index in [0.717, 1.165) is 12.8 Å². The zero-order valence-corrected chi connectivity index (χ0v) is 10.4. The van der Waals surface area contributed by atoms with Crippen LogP contribution >= 0.6 is 0 Å². The number of nitrogens with one attached hydrogen (secondary N) is 1. The summed E-state index contributed by atoms with van der Waals surface area (Å²) in [6, 6.07) is -0.0920. The fourth-order valence-corrected chi connectivity index (χ4v) is 1.40. The fraction of sp³-hybridized carbons (Fsp3) is 0.667. The summed E-state index contributed by atoms with van der Waals surface area (Å²) >= 11 is 0. The smallest absolute Gasteiger partial charge is 0.317 e. The number of urea groups is 1. The Morgan fingerprint density at radius 3 is 2.59 bits per heavy atom. The van der Waals surface area contributed by atoms with Crippen LogP contribution in [0.25, 0.3) is 0 Å². The van der Waals surface area contributed by atoms with Crippen LogP contribution in [0.4, 0.5) is 4.79 Å². The van der Waals surface area contributed by atoms with Gasteiger partial charge in [0.15, 0.2) is 0 Å². The topological polar surface area (TPSA) is 69.6 Å². The predicted octanol–water partition coefficient (Wildman–Crippen LogP) is 1.85. The van der Waals surface area contributed by atoms with Gasteiger partial charge < -0.3 is 15.3 Å². The lowest BCUT2D eigenvalue weighted by Crippen LogP contribution is -2.40. The second-order valence-corrected chi connectivity index (χ2v) is 3.76. The number of amides is 2. The highest BCUT2D eigenvalue weighted by Crippen LogP contribution is 1.99. The average Bonchev–Trinajstić information content (AvgIpc) is 2.29. The highest BCUT2D eigenvalue weighted by Gasteiger charge is 2.07. The minimum Gasteiger partial charge on any atom is -0.481 e. The normalized spacial score (nSPS) is 9.71. The number of aliphatic carboxylic acids is 1. The Hall–Kier alpha value is -1.52. The molecule has 5 heteroatoms. The second kappa shape index (κ2) is 9.69. The number of carbonyl (C=O) groups is 2. The lowest BCUT2D eigenvalue weighted by molar-refractivity contribution is -0.137. The molecule has 0 fully saturated rings. The number of unbranched alkanes of at least 4 members (excludes halogenated alkanes) is 2. The molecule has 0 rings (SSSR count). The maximum absolute atomic E-state index is 11.6. The molecule has 2 amide bonds. The van der Waals surface area contributed by atoms with Gasteiger partial charge in [-0.15, -0.1) is 6.58 Å². The van der Waals surface area contributed by atoms with Gasteiger partial charge in [-0.05, 0) is 19.8 Å². The lowest BCUT2D eigenvalue weighted by atomic mass is 10.2. The molecule has 0 atom stereocenters. The van der Waals surface area contributed by atoms with Crippen LogP contribution in [0.2, 0.25) is 0 Å². The molecule has 0 radical (unpaired) electrons. The van der Waals surface area contributed by atoms with Gasteiger partial charge in [0, 0.05) is 26.1 Å². The monoisotopic (exact) mass is 242 g/mol. The summed E-state index contributed by atoms with van der Waals surface area (Å²) in [5, 5.41) is 11.2. The number of carboxylic acid groups (broad SMARTS) is 1. The van der Waals surface area contributed by atoms with E-state index >= 15 is 0 Å². The van der Waals surface area contributed by atoms with Crippen LogP contribution in [0.1, 0.15) is 32.6 Å². The van der Waals surface area contributed by atoms with Crippen LogP contribution in [0.3, 0.4) is 0 Å². The van der Waals surface area contributed by atoms with Gasteiger partial charge in [-0.3, -0.25) is 4.79 Å². The highest BCUT2D eigenvalue weighted by atomic mass is 16.4. The highest BCUT2D eigenvalue weighted by molar-refractivity contribution is 5.74. The van der Waals surface area contributed by atoms with Crippen molar-refractivity contribution in [3.8, 4) is 0 Å². The number of nitrogens with zero attached hydrogens (tertiary/aromatic N) is 1. The van der Waals surface area contributed by atoms with Gasteiger partial charge in [0.1, 0.15) is 0 Å². The molecular formula is C12H22N2O3. The molecule has 0 heterocycles. The van der Waals surface area contributed by atoms with Crippen molar-refractivity contribution in [3.05, 3.63) is 12.7 Å². The van der Waals surface area contributed by atoms with E-state index in [1.165, 1.54) is 0 Å². The largest absolute Gasteiger partial charge is 0.481 e. The second-order valence-electron chi connectivity index (χ2n) is 3.76. The molecule has 0 aromatic heterocycles.